The Kier molecular flexibility index (Phi) is 6.17. The zero-order chi connectivity index (χ0) is 19.3. The van der Waals surface area contributed by atoms with E-state index < -0.39 is 17.1 Å². The summed E-state index contributed by atoms with van der Waals surface area (Å²) >= 11 is 0. The van der Waals surface area contributed by atoms with Gasteiger partial charge in [-0.15, -0.1) is 0 Å². The van der Waals surface area contributed by atoms with Crippen molar-refractivity contribution < 1.29 is 4.39 Å². The maximum absolute atomic E-state index is 14.1. The maximum atomic E-state index is 14.1. The van der Waals surface area contributed by atoms with Crippen molar-refractivity contribution in [2.45, 2.75) is 39.8 Å². The van der Waals surface area contributed by atoms with Crippen LogP contribution >= 0.6 is 0 Å². The molecule has 0 aliphatic heterocycles. The summed E-state index contributed by atoms with van der Waals surface area (Å²) in [5, 5.41) is 9.00. The van der Waals surface area contributed by atoms with Gasteiger partial charge in [0.2, 0.25) is 0 Å². The van der Waals surface area contributed by atoms with Gasteiger partial charge in [-0.1, -0.05) is 13.3 Å². The highest BCUT2D eigenvalue weighted by Crippen LogP contribution is 2.21. The molecule has 2 aromatic rings. The zero-order valence-corrected chi connectivity index (χ0v) is 14.9. The Morgan fingerprint density at radius 3 is 2.69 bits per heavy atom. The molecule has 1 heterocycles. The van der Waals surface area contributed by atoms with E-state index >= 15 is 0 Å². The molecular weight excluding hydrogens is 337 g/mol. The fourth-order valence-corrected chi connectivity index (χ4v) is 2.74. The molecule has 0 aliphatic rings. The van der Waals surface area contributed by atoms with Gasteiger partial charge in [-0.25, -0.2) is 9.18 Å². The Morgan fingerprint density at radius 1 is 1.35 bits per heavy atom. The second kappa shape index (κ2) is 8.34. The van der Waals surface area contributed by atoms with Crippen LogP contribution in [-0.2, 0) is 13.1 Å². The fourth-order valence-electron chi connectivity index (χ4n) is 2.74. The van der Waals surface area contributed by atoms with Crippen LogP contribution in [0.3, 0.4) is 0 Å². The van der Waals surface area contributed by atoms with Gasteiger partial charge in [-0.2, -0.15) is 5.26 Å². The summed E-state index contributed by atoms with van der Waals surface area (Å²) in [5.41, 5.74) is 5.67. The standard InChI is InChI=1S/C18H22FN5O2/c1-3-5-8-24-16(21)15(17(25)22-18(24)26)23(4-2)11-13-9-12(10-20)6-7-14(13)19/h6-7,9H,3-5,8,11,21H2,1-2H3,(H,22,25,26). The lowest BCUT2D eigenvalue weighted by atomic mass is 10.1. The lowest BCUT2D eigenvalue weighted by molar-refractivity contribution is 0.596. The summed E-state index contributed by atoms with van der Waals surface area (Å²) < 4.78 is 15.4. The van der Waals surface area contributed by atoms with Gasteiger partial charge in [0.25, 0.3) is 5.56 Å². The van der Waals surface area contributed by atoms with Crippen molar-refractivity contribution in [3.63, 3.8) is 0 Å². The molecule has 8 heteroatoms. The molecule has 0 saturated carbocycles. The van der Waals surface area contributed by atoms with Crippen LogP contribution in [0.15, 0.2) is 27.8 Å². The molecule has 0 saturated heterocycles. The van der Waals surface area contributed by atoms with E-state index in [-0.39, 0.29) is 23.6 Å². The first-order valence-electron chi connectivity index (χ1n) is 8.48. The summed E-state index contributed by atoms with van der Waals surface area (Å²) in [6.45, 7) is 4.59. The number of benzene rings is 1. The van der Waals surface area contributed by atoms with Crippen molar-refractivity contribution in [2.75, 3.05) is 17.2 Å². The molecule has 7 nitrogen and oxygen atoms in total. The van der Waals surface area contributed by atoms with Crippen LogP contribution in [0.25, 0.3) is 0 Å². The average Bonchev–Trinajstić information content (AvgIpc) is 2.62. The molecule has 0 unspecified atom stereocenters. The number of hydrogen-bond donors (Lipinski definition) is 2. The van der Waals surface area contributed by atoms with Gasteiger partial charge in [0, 0.05) is 25.2 Å². The van der Waals surface area contributed by atoms with E-state index in [4.69, 9.17) is 11.0 Å². The third-order valence-corrected chi connectivity index (χ3v) is 4.18. The van der Waals surface area contributed by atoms with Crippen LogP contribution < -0.4 is 21.9 Å². The summed E-state index contributed by atoms with van der Waals surface area (Å²) in [6, 6.07) is 6.01. The van der Waals surface area contributed by atoms with Gasteiger partial charge in [0.1, 0.15) is 17.3 Å². The molecule has 0 spiro atoms. The van der Waals surface area contributed by atoms with Crippen molar-refractivity contribution in [3.05, 3.63) is 56.0 Å². The van der Waals surface area contributed by atoms with E-state index in [1.54, 1.807) is 11.8 Å². The molecule has 2 rings (SSSR count). The SMILES string of the molecule is CCCCn1c(N)c(N(CC)Cc2cc(C#N)ccc2F)c(=O)[nH]c1=O. The molecule has 1 aromatic carbocycles. The van der Waals surface area contributed by atoms with E-state index in [0.717, 1.165) is 12.8 Å². The number of nitrogens with two attached hydrogens (primary N) is 1. The summed E-state index contributed by atoms with van der Waals surface area (Å²) in [5.74, 6) is -0.414. The number of aromatic amines is 1. The molecule has 0 aliphatic carbocycles. The number of anilines is 2. The lowest BCUT2D eigenvalue weighted by Gasteiger charge is -2.25. The average molecular weight is 359 g/mol. The molecule has 0 radical (unpaired) electrons. The largest absolute Gasteiger partial charge is 0.383 e. The minimum Gasteiger partial charge on any atom is -0.383 e. The highest BCUT2D eigenvalue weighted by Gasteiger charge is 2.19. The second-order valence-electron chi connectivity index (χ2n) is 5.93. The molecular formula is C18H22FN5O2. The summed E-state index contributed by atoms with van der Waals surface area (Å²) in [7, 11) is 0. The molecule has 1 aromatic heterocycles. The summed E-state index contributed by atoms with van der Waals surface area (Å²) in [4.78, 5) is 28.3. The number of halogens is 1. The molecule has 0 bridgehead atoms. The molecule has 0 fully saturated rings. The fraction of sp³-hybridized carbons (Fsp3) is 0.389. The molecule has 3 N–H and O–H groups in total. The predicted octanol–water partition coefficient (Wildman–Crippen LogP) is 1.96. The highest BCUT2D eigenvalue weighted by atomic mass is 19.1. The number of nitriles is 1. The second-order valence-corrected chi connectivity index (χ2v) is 5.93. The number of aromatic nitrogens is 2. The van der Waals surface area contributed by atoms with Gasteiger partial charge in [-0.05, 0) is 31.5 Å². The van der Waals surface area contributed by atoms with Gasteiger partial charge in [0.15, 0.2) is 0 Å². The zero-order valence-electron chi connectivity index (χ0n) is 14.9. The van der Waals surface area contributed by atoms with Crippen LogP contribution in [-0.4, -0.2) is 16.1 Å². The number of nitrogens with zero attached hydrogens (tertiary/aromatic N) is 3. The monoisotopic (exact) mass is 359 g/mol. The predicted molar refractivity (Wildman–Crippen MR) is 98.5 cm³/mol. The maximum Gasteiger partial charge on any atom is 0.330 e. The van der Waals surface area contributed by atoms with Crippen LogP contribution in [0.5, 0.6) is 0 Å². The van der Waals surface area contributed by atoms with Crippen molar-refractivity contribution in [2.24, 2.45) is 0 Å². The minimum absolute atomic E-state index is 0.0527. The van der Waals surface area contributed by atoms with Crippen LogP contribution in [0, 0.1) is 17.1 Å². The molecule has 26 heavy (non-hydrogen) atoms. The normalized spacial score (nSPS) is 10.5. The van der Waals surface area contributed by atoms with E-state index in [0.29, 0.717) is 18.7 Å². The number of rotatable bonds is 7. The van der Waals surface area contributed by atoms with Gasteiger partial charge in [-0.3, -0.25) is 14.3 Å². The van der Waals surface area contributed by atoms with Crippen LogP contribution in [0.1, 0.15) is 37.8 Å². The number of unbranched alkanes of at least 4 members (excludes halogenated alkanes) is 1. The van der Waals surface area contributed by atoms with E-state index in [1.165, 1.54) is 22.8 Å². The minimum atomic E-state index is -0.612. The Labute approximate surface area is 150 Å². The highest BCUT2D eigenvalue weighted by molar-refractivity contribution is 5.62. The number of nitrogen functional groups attached to an aromatic ring is 1. The summed E-state index contributed by atoms with van der Waals surface area (Å²) in [6.07, 6.45) is 1.60. The first kappa shape index (κ1) is 19.2. The first-order chi connectivity index (χ1) is 12.4. The Hall–Kier alpha value is -3.08. The first-order valence-corrected chi connectivity index (χ1v) is 8.48. The van der Waals surface area contributed by atoms with Crippen LogP contribution in [0.4, 0.5) is 15.9 Å². The molecule has 0 atom stereocenters. The van der Waals surface area contributed by atoms with Crippen molar-refractivity contribution >= 4 is 11.5 Å². The van der Waals surface area contributed by atoms with Gasteiger partial charge in [0.05, 0.1) is 11.6 Å². The smallest absolute Gasteiger partial charge is 0.330 e. The van der Waals surface area contributed by atoms with Crippen molar-refractivity contribution in [3.8, 4) is 6.07 Å². The third-order valence-electron chi connectivity index (χ3n) is 4.18. The van der Waals surface area contributed by atoms with Crippen LogP contribution in [0.2, 0.25) is 0 Å². The van der Waals surface area contributed by atoms with Crippen molar-refractivity contribution in [1.82, 2.24) is 9.55 Å². The Bertz CT molecular complexity index is 942. The quantitative estimate of drug-likeness (QED) is 0.786. The van der Waals surface area contributed by atoms with E-state index in [1.807, 2.05) is 13.0 Å². The van der Waals surface area contributed by atoms with Crippen molar-refractivity contribution in [1.29, 1.82) is 5.26 Å². The Balaban J connectivity index is 2.49. The van der Waals surface area contributed by atoms with E-state index in [2.05, 4.69) is 4.98 Å². The molecule has 138 valence electrons. The topological polar surface area (TPSA) is 108 Å². The Morgan fingerprint density at radius 2 is 2.08 bits per heavy atom. The molecule has 0 amide bonds. The lowest BCUT2D eigenvalue weighted by Crippen LogP contribution is -2.38. The number of nitrogens with one attached hydrogen (secondary N) is 1. The van der Waals surface area contributed by atoms with E-state index in [9.17, 15) is 14.0 Å². The van der Waals surface area contributed by atoms with Gasteiger partial charge < -0.3 is 10.6 Å². The number of H-pyrrole nitrogens is 1. The third kappa shape index (κ3) is 3.94. The number of hydrogen-bond acceptors (Lipinski definition) is 5. The van der Waals surface area contributed by atoms with Gasteiger partial charge >= 0.3 is 5.69 Å².